The van der Waals surface area contributed by atoms with Crippen LogP contribution in [-0.2, 0) is 16.0 Å². The number of thiazole rings is 1. The molecule has 2 atom stereocenters. The highest BCUT2D eigenvalue weighted by molar-refractivity contribution is 7.18. The monoisotopic (exact) mass is 443 g/mol. The van der Waals surface area contributed by atoms with E-state index in [1.807, 2.05) is 6.92 Å². The lowest BCUT2D eigenvalue weighted by molar-refractivity contribution is -0.130. The lowest BCUT2D eigenvalue weighted by Crippen LogP contribution is -2.48. The Hall–Kier alpha value is -1.79. The van der Waals surface area contributed by atoms with Gasteiger partial charge in [-0.2, -0.15) is 0 Å². The first-order valence-corrected chi connectivity index (χ1v) is 12.6. The van der Waals surface area contributed by atoms with E-state index in [2.05, 4.69) is 37.4 Å². The minimum Gasteiger partial charge on any atom is -0.352 e. The second-order valence-electron chi connectivity index (χ2n) is 9.24. The lowest BCUT2D eigenvalue weighted by Gasteiger charge is -2.31. The molecule has 170 valence electrons. The largest absolute Gasteiger partial charge is 0.352 e. The maximum absolute atomic E-state index is 13.2. The van der Waals surface area contributed by atoms with Gasteiger partial charge in [-0.05, 0) is 42.4 Å². The zero-order chi connectivity index (χ0) is 22.4. The van der Waals surface area contributed by atoms with Crippen LogP contribution >= 0.6 is 11.3 Å². The topological polar surface area (TPSA) is 85.1 Å². The van der Waals surface area contributed by atoms with Crippen LogP contribution in [0.3, 0.4) is 0 Å². The molecule has 0 unspecified atom stereocenters. The van der Waals surface area contributed by atoms with Gasteiger partial charge in [-0.25, -0.2) is 4.98 Å². The summed E-state index contributed by atoms with van der Waals surface area (Å²) >= 11 is 1.63. The molecule has 1 aromatic heterocycles. The Balaban J connectivity index is 1.75. The third-order valence-electron chi connectivity index (χ3n) is 6.58. The summed E-state index contributed by atoms with van der Waals surface area (Å²) in [5, 5.41) is 4.12. The molecule has 1 amide bonds. The predicted octanol–water partition coefficient (Wildman–Crippen LogP) is 4.97. The number of amides is 1. The Kier molecular flexibility index (Phi) is 8.61. The van der Waals surface area contributed by atoms with Gasteiger partial charge in [0.05, 0.1) is 21.1 Å². The van der Waals surface area contributed by atoms with Crippen molar-refractivity contribution in [2.45, 2.75) is 84.1 Å². The SMILES string of the molecule is CCC(=O)C[C@H](Cc1nc2ccc(C(C)C)cc2s1)C(=O)N[C@@H](CN)C1CCCCC1. The second-order valence-corrected chi connectivity index (χ2v) is 10.4. The highest BCUT2D eigenvalue weighted by atomic mass is 32.1. The standard InChI is InChI=1S/C25H37N3O2S/c1-4-20(29)12-19(25(30)28-22(15-26)17-8-6-5-7-9-17)14-24-27-21-11-10-18(16(2)3)13-23(21)31-24/h10-11,13,16-17,19,22H,4-9,12,14-15,26H2,1-3H3,(H,28,30)/t19-,22+/m1/s1. The van der Waals surface area contributed by atoms with Crippen molar-refractivity contribution in [1.82, 2.24) is 10.3 Å². The van der Waals surface area contributed by atoms with E-state index in [0.29, 0.717) is 31.2 Å². The highest BCUT2D eigenvalue weighted by Crippen LogP contribution is 2.29. The van der Waals surface area contributed by atoms with Crippen LogP contribution in [0.5, 0.6) is 0 Å². The lowest BCUT2D eigenvalue weighted by atomic mass is 9.83. The fraction of sp³-hybridized carbons (Fsp3) is 0.640. The first-order chi connectivity index (χ1) is 14.9. The molecular formula is C25H37N3O2S. The maximum Gasteiger partial charge on any atom is 0.224 e. The van der Waals surface area contributed by atoms with E-state index < -0.39 is 5.92 Å². The van der Waals surface area contributed by atoms with Gasteiger partial charge in [0.15, 0.2) is 0 Å². The molecule has 0 aliphatic heterocycles. The van der Waals surface area contributed by atoms with Crippen molar-refractivity contribution in [2.75, 3.05) is 6.54 Å². The molecule has 3 N–H and O–H groups in total. The maximum atomic E-state index is 13.2. The van der Waals surface area contributed by atoms with Gasteiger partial charge >= 0.3 is 0 Å². The fourth-order valence-electron chi connectivity index (χ4n) is 4.53. The summed E-state index contributed by atoms with van der Waals surface area (Å²) in [4.78, 5) is 30.2. The van der Waals surface area contributed by atoms with Crippen LogP contribution in [-0.4, -0.2) is 29.3 Å². The normalized spacial score (nSPS) is 17.1. The van der Waals surface area contributed by atoms with Crippen LogP contribution < -0.4 is 11.1 Å². The number of aromatic nitrogens is 1. The van der Waals surface area contributed by atoms with Gasteiger partial charge in [0.2, 0.25) is 5.91 Å². The number of rotatable bonds is 10. The summed E-state index contributed by atoms with van der Waals surface area (Å²) in [6.07, 6.45) is 7.13. The van der Waals surface area contributed by atoms with Gasteiger partial charge in [-0.1, -0.05) is 46.1 Å². The molecule has 3 rings (SSSR count). The number of carbonyl (C=O) groups excluding carboxylic acids is 2. The molecular weight excluding hydrogens is 406 g/mol. The zero-order valence-electron chi connectivity index (χ0n) is 19.2. The molecule has 2 aromatic rings. The van der Waals surface area contributed by atoms with Crippen molar-refractivity contribution in [3.05, 3.63) is 28.8 Å². The van der Waals surface area contributed by atoms with Crippen molar-refractivity contribution >= 4 is 33.2 Å². The predicted molar refractivity (Wildman–Crippen MR) is 128 cm³/mol. The minimum absolute atomic E-state index is 0.00371. The van der Waals surface area contributed by atoms with Crippen molar-refractivity contribution in [1.29, 1.82) is 0 Å². The van der Waals surface area contributed by atoms with Crippen LogP contribution in [0.1, 0.15) is 82.2 Å². The molecule has 0 saturated heterocycles. The van der Waals surface area contributed by atoms with E-state index in [1.54, 1.807) is 11.3 Å². The first-order valence-electron chi connectivity index (χ1n) is 11.8. The molecule has 1 saturated carbocycles. The Labute approximate surface area is 190 Å². The summed E-state index contributed by atoms with van der Waals surface area (Å²) in [6.45, 7) is 6.66. The average Bonchev–Trinajstić information content (AvgIpc) is 3.18. The van der Waals surface area contributed by atoms with Crippen LogP contribution in [0.25, 0.3) is 10.2 Å². The van der Waals surface area contributed by atoms with E-state index in [1.165, 1.54) is 24.8 Å². The summed E-state index contributed by atoms with van der Waals surface area (Å²) in [5.41, 5.74) is 8.28. The minimum atomic E-state index is -0.393. The Morgan fingerprint density at radius 1 is 1.23 bits per heavy atom. The average molecular weight is 444 g/mol. The summed E-state index contributed by atoms with van der Waals surface area (Å²) in [6, 6.07) is 6.37. The molecule has 5 nitrogen and oxygen atoms in total. The van der Waals surface area contributed by atoms with E-state index in [9.17, 15) is 9.59 Å². The Morgan fingerprint density at radius 2 is 1.97 bits per heavy atom. The fourth-order valence-corrected chi connectivity index (χ4v) is 5.62. The van der Waals surface area contributed by atoms with Gasteiger partial charge < -0.3 is 11.1 Å². The van der Waals surface area contributed by atoms with E-state index in [-0.39, 0.29) is 24.2 Å². The number of nitrogens with zero attached hydrogens (tertiary/aromatic N) is 1. The van der Waals surface area contributed by atoms with E-state index in [0.717, 1.165) is 28.1 Å². The molecule has 0 bridgehead atoms. The van der Waals surface area contributed by atoms with Crippen molar-refractivity contribution < 1.29 is 9.59 Å². The smallest absolute Gasteiger partial charge is 0.224 e. The van der Waals surface area contributed by atoms with Crippen molar-refractivity contribution in [2.24, 2.45) is 17.6 Å². The number of benzene rings is 1. The van der Waals surface area contributed by atoms with Crippen LogP contribution in [0, 0.1) is 11.8 Å². The number of nitrogens with one attached hydrogen (secondary N) is 1. The zero-order valence-corrected chi connectivity index (χ0v) is 20.0. The van der Waals surface area contributed by atoms with Gasteiger partial charge in [-0.3, -0.25) is 9.59 Å². The molecule has 1 aliphatic rings. The number of hydrogen-bond acceptors (Lipinski definition) is 5. The molecule has 1 aromatic carbocycles. The number of ketones is 1. The molecule has 1 heterocycles. The van der Waals surface area contributed by atoms with Gasteiger partial charge in [0.1, 0.15) is 5.78 Å². The number of Topliss-reactive ketones (excluding diaryl/α,β-unsaturated/α-hetero) is 1. The van der Waals surface area contributed by atoms with Gasteiger partial charge in [-0.15, -0.1) is 11.3 Å². The summed E-state index contributed by atoms with van der Waals surface area (Å²) in [5.74, 6) is 0.580. The Morgan fingerprint density at radius 3 is 2.61 bits per heavy atom. The number of carbonyl (C=O) groups is 2. The van der Waals surface area contributed by atoms with Crippen LogP contribution in [0.4, 0.5) is 0 Å². The summed E-state index contributed by atoms with van der Waals surface area (Å²) in [7, 11) is 0. The molecule has 0 spiro atoms. The molecule has 31 heavy (non-hydrogen) atoms. The van der Waals surface area contributed by atoms with Crippen LogP contribution in [0.15, 0.2) is 18.2 Å². The third kappa shape index (κ3) is 6.36. The quantitative estimate of drug-likeness (QED) is 0.543. The first kappa shape index (κ1) is 23.9. The van der Waals surface area contributed by atoms with E-state index >= 15 is 0 Å². The number of fused-ring (bicyclic) bond motifs is 1. The number of nitrogens with two attached hydrogens (primary N) is 1. The van der Waals surface area contributed by atoms with Crippen molar-refractivity contribution in [3.63, 3.8) is 0 Å². The molecule has 0 radical (unpaired) electrons. The van der Waals surface area contributed by atoms with Crippen molar-refractivity contribution in [3.8, 4) is 0 Å². The van der Waals surface area contributed by atoms with Gasteiger partial charge in [0, 0.05) is 31.8 Å². The second kappa shape index (κ2) is 11.2. The summed E-state index contributed by atoms with van der Waals surface area (Å²) < 4.78 is 1.14. The molecule has 1 fully saturated rings. The van der Waals surface area contributed by atoms with E-state index in [4.69, 9.17) is 10.7 Å². The highest BCUT2D eigenvalue weighted by Gasteiger charge is 2.29. The van der Waals surface area contributed by atoms with Gasteiger partial charge in [0.25, 0.3) is 0 Å². The third-order valence-corrected chi connectivity index (χ3v) is 7.62. The molecule has 1 aliphatic carbocycles. The number of hydrogen-bond donors (Lipinski definition) is 2. The van der Waals surface area contributed by atoms with Crippen LogP contribution in [0.2, 0.25) is 0 Å². The Bertz CT molecular complexity index is 886. The molecule has 6 heteroatoms.